The van der Waals surface area contributed by atoms with Crippen molar-refractivity contribution in [3.63, 3.8) is 0 Å². The Kier molecular flexibility index (Phi) is 6.82. The van der Waals surface area contributed by atoms with Gasteiger partial charge in [-0.25, -0.2) is 9.97 Å². The predicted molar refractivity (Wildman–Crippen MR) is 123 cm³/mol. The lowest BCUT2D eigenvalue weighted by Crippen LogP contribution is -2.31. The summed E-state index contributed by atoms with van der Waals surface area (Å²) in [6.07, 6.45) is 0. The third-order valence-electron chi connectivity index (χ3n) is 4.72. The van der Waals surface area contributed by atoms with Crippen LogP contribution >= 0.6 is 0 Å². The molecule has 1 aromatic heterocycles. The quantitative estimate of drug-likeness (QED) is 0.406. The Labute approximate surface area is 181 Å². The molecular weight excluding hydrogens is 388 g/mol. The van der Waals surface area contributed by atoms with E-state index in [1.165, 1.54) is 0 Å². The zero-order valence-electron chi connectivity index (χ0n) is 17.1. The third kappa shape index (κ3) is 5.65. The van der Waals surface area contributed by atoms with Crippen LogP contribution in [0.4, 0.5) is 5.82 Å². The molecule has 0 aliphatic rings. The summed E-state index contributed by atoms with van der Waals surface area (Å²) < 4.78 is 5.47. The topological polar surface area (TPSA) is 76.1 Å². The summed E-state index contributed by atoms with van der Waals surface area (Å²) in [5, 5.41) is 7.14. The van der Waals surface area contributed by atoms with E-state index in [2.05, 4.69) is 15.6 Å². The van der Waals surface area contributed by atoms with Crippen molar-refractivity contribution in [2.24, 2.45) is 0 Å². The molecule has 31 heavy (non-hydrogen) atoms. The van der Waals surface area contributed by atoms with E-state index in [-0.39, 0.29) is 12.5 Å². The molecule has 0 atom stereocenters. The van der Waals surface area contributed by atoms with Gasteiger partial charge in [-0.2, -0.15) is 0 Å². The Morgan fingerprint density at radius 2 is 1.52 bits per heavy atom. The smallest absolute Gasteiger partial charge is 0.246 e. The van der Waals surface area contributed by atoms with Crippen LogP contribution in [0.15, 0.2) is 84.9 Å². The number of hydrogen-bond acceptors (Lipinski definition) is 5. The molecule has 0 saturated heterocycles. The van der Waals surface area contributed by atoms with Gasteiger partial charge in [-0.15, -0.1) is 0 Å². The molecule has 0 aliphatic heterocycles. The maximum Gasteiger partial charge on any atom is 0.246 e. The molecule has 0 unspecified atom stereocenters. The summed E-state index contributed by atoms with van der Waals surface area (Å²) in [7, 11) is 0. The van der Waals surface area contributed by atoms with E-state index in [1.54, 1.807) is 0 Å². The lowest BCUT2D eigenvalue weighted by atomic mass is 10.2. The maximum atomic E-state index is 12.0. The standard InChI is InChI=1S/C25H24N4O2/c30-23(18-31-17-19-9-3-1-4-10-19)26-15-16-27-25-21-13-7-8-14-22(21)28-24(29-25)20-11-5-2-6-12-20/h1-14H,15-18H2,(H,26,30)(H,27,28,29). The number of aromatic nitrogens is 2. The highest BCUT2D eigenvalue weighted by atomic mass is 16.5. The van der Waals surface area contributed by atoms with Gasteiger partial charge >= 0.3 is 0 Å². The summed E-state index contributed by atoms with van der Waals surface area (Å²) in [6.45, 7) is 1.46. The largest absolute Gasteiger partial charge is 0.368 e. The number of fused-ring (bicyclic) bond motifs is 1. The van der Waals surface area contributed by atoms with Crippen molar-refractivity contribution in [2.45, 2.75) is 6.61 Å². The molecule has 156 valence electrons. The molecule has 2 N–H and O–H groups in total. The zero-order chi connectivity index (χ0) is 21.3. The van der Waals surface area contributed by atoms with Crippen molar-refractivity contribution in [1.82, 2.24) is 15.3 Å². The molecule has 0 spiro atoms. The molecule has 0 bridgehead atoms. The number of para-hydroxylation sites is 1. The molecule has 6 nitrogen and oxygen atoms in total. The Hall–Kier alpha value is -3.77. The fraction of sp³-hybridized carbons (Fsp3) is 0.160. The molecule has 4 rings (SSSR count). The molecule has 1 heterocycles. The second-order valence-electron chi connectivity index (χ2n) is 7.03. The zero-order valence-corrected chi connectivity index (χ0v) is 17.1. The van der Waals surface area contributed by atoms with Crippen LogP contribution in [0.2, 0.25) is 0 Å². The van der Waals surface area contributed by atoms with Gasteiger partial charge in [0.1, 0.15) is 12.4 Å². The van der Waals surface area contributed by atoms with Gasteiger partial charge in [0.25, 0.3) is 0 Å². The first-order valence-corrected chi connectivity index (χ1v) is 10.2. The number of anilines is 1. The van der Waals surface area contributed by atoms with Gasteiger partial charge in [-0.05, 0) is 17.7 Å². The summed E-state index contributed by atoms with van der Waals surface area (Å²) in [6, 6.07) is 27.6. The first-order valence-electron chi connectivity index (χ1n) is 10.2. The third-order valence-corrected chi connectivity index (χ3v) is 4.72. The van der Waals surface area contributed by atoms with Crippen molar-refractivity contribution in [2.75, 3.05) is 25.0 Å². The highest BCUT2D eigenvalue weighted by Gasteiger charge is 2.09. The van der Waals surface area contributed by atoms with Crippen LogP contribution in [-0.2, 0) is 16.1 Å². The number of hydrogen-bond donors (Lipinski definition) is 2. The number of ether oxygens (including phenoxy) is 1. The normalized spacial score (nSPS) is 10.7. The van der Waals surface area contributed by atoms with E-state index >= 15 is 0 Å². The fourth-order valence-electron chi connectivity index (χ4n) is 3.20. The second kappa shape index (κ2) is 10.3. The van der Waals surface area contributed by atoms with Gasteiger partial charge in [-0.1, -0.05) is 72.8 Å². The first-order chi connectivity index (χ1) is 15.3. The molecule has 0 saturated carbocycles. The van der Waals surface area contributed by atoms with Crippen molar-refractivity contribution in [3.8, 4) is 11.4 Å². The van der Waals surface area contributed by atoms with E-state index in [0.29, 0.717) is 25.5 Å². The Balaban J connectivity index is 1.32. The van der Waals surface area contributed by atoms with Crippen LogP contribution < -0.4 is 10.6 Å². The minimum Gasteiger partial charge on any atom is -0.368 e. The molecule has 0 radical (unpaired) electrons. The summed E-state index contributed by atoms with van der Waals surface area (Å²) in [4.78, 5) is 21.4. The molecule has 4 aromatic rings. The number of amides is 1. The van der Waals surface area contributed by atoms with Gasteiger partial charge in [-0.3, -0.25) is 4.79 Å². The fourth-order valence-corrected chi connectivity index (χ4v) is 3.20. The average Bonchev–Trinajstić information content (AvgIpc) is 2.83. The molecule has 3 aromatic carbocycles. The van der Waals surface area contributed by atoms with Crippen LogP contribution in [0.1, 0.15) is 5.56 Å². The Morgan fingerprint density at radius 1 is 0.806 bits per heavy atom. The molecule has 0 fully saturated rings. The van der Waals surface area contributed by atoms with Crippen LogP contribution in [-0.4, -0.2) is 35.6 Å². The van der Waals surface area contributed by atoms with Crippen LogP contribution in [0, 0.1) is 0 Å². The van der Waals surface area contributed by atoms with Gasteiger partial charge < -0.3 is 15.4 Å². The maximum absolute atomic E-state index is 12.0. The van der Waals surface area contributed by atoms with Gasteiger partial charge in [0.15, 0.2) is 5.82 Å². The molecule has 1 amide bonds. The van der Waals surface area contributed by atoms with Crippen molar-refractivity contribution >= 4 is 22.6 Å². The van der Waals surface area contributed by atoms with Crippen LogP contribution in [0.5, 0.6) is 0 Å². The minimum atomic E-state index is -0.143. The van der Waals surface area contributed by atoms with E-state index in [4.69, 9.17) is 9.72 Å². The van der Waals surface area contributed by atoms with E-state index < -0.39 is 0 Å². The molecule has 0 aliphatic carbocycles. The van der Waals surface area contributed by atoms with Gasteiger partial charge in [0, 0.05) is 24.0 Å². The van der Waals surface area contributed by atoms with Crippen LogP contribution in [0.25, 0.3) is 22.3 Å². The van der Waals surface area contributed by atoms with E-state index in [0.717, 1.165) is 27.8 Å². The number of rotatable bonds is 9. The first kappa shape index (κ1) is 20.5. The van der Waals surface area contributed by atoms with Gasteiger partial charge in [0.05, 0.1) is 12.1 Å². The Morgan fingerprint density at radius 3 is 2.32 bits per heavy atom. The number of carbonyl (C=O) groups is 1. The van der Waals surface area contributed by atoms with E-state index in [9.17, 15) is 4.79 Å². The summed E-state index contributed by atoms with van der Waals surface area (Å²) in [5.74, 6) is 1.27. The lowest BCUT2D eigenvalue weighted by Gasteiger charge is -2.12. The predicted octanol–water partition coefficient (Wildman–Crippen LogP) is 4.04. The van der Waals surface area contributed by atoms with E-state index in [1.807, 2.05) is 84.9 Å². The number of carbonyl (C=O) groups excluding carboxylic acids is 1. The number of benzene rings is 3. The van der Waals surface area contributed by atoms with Crippen molar-refractivity contribution in [1.29, 1.82) is 0 Å². The SMILES string of the molecule is O=C(COCc1ccccc1)NCCNc1nc(-c2ccccc2)nc2ccccc12. The summed E-state index contributed by atoms with van der Waals surface area (Å²) in [5.41, 5.74) is 2.87. The average molecular weight is 412 g/mol. The molecule has 6 heteroatoms. The highest BCUT2D eigenvalue weighted by Crippen LogP contribution is 2.24. The Bertz CT molecular complexity index is 1130. The second-order valence-corrected chi connectivity index (χ2v) is 7.03. The minimum absolute atomic E-state index is 0.0312. The number of nitrogens with one attached hydrogen (secondary N) is 2. The monoisotopic (exact) mass is 412 g/mol. The van der Waals surface area contributed by atoms with Gasteiger partial charge in [0.2, 0.25) is 5.91 Å². The number of nitrogens with zero attached hydrogens (tertiary/aromatic N) is 2. The van der Waals surface area contributed by atoms with Crippen molar-refractivity contribution < 1.29 is 9.53 Å². The van der Waals surface area contributed by atoms with Crippen molar-refractivity contribution in [3.05, 3.63) is 90.5 Å². The molecular formula is C25H24N4O2. The summed E-state index contributed by atoms with van der Waals surface area (Å²) >= 11 is 0. The van der Waals surface area contributed by atoms with Crippen LogP contribution in [0.3, 0.4) is 0 Å². The lowest BCUT2D eigenvalue weighted by molar-refractivity contribution is -0.126. The highest BCUT2D eigenvalue weighted by molar-refractivity contribution is 5.90.